The summed E-state index contributed by atoms with van der Waals surface area (Å²) >= 11 is 0. The quantitative estimate of drug-likeness (QED) is 0.800. The number of benzene rings is 1. The van der Waals surface area contributed by atoms with Crippen molar-refractivity contribution in [2.75, 3.05) is 14.2 Å². The molecule has 78 valence electrons. The molecule has 0 spiro atoms. The average molecular weight is 196 g/mol. The van der Waals surface area contributed by atoms with E-state index in [-0.39, 0.29) is 0 Å². The third kappa shape index (κ3) is 2.47. The van der Waals surface area contributed by atoms with Gasteiger partial charge in [-0.1, -0.05) is 6.07 Å². The predicted octanol–water partition coefficient (Wildman–Crippen LogP) is 1.99. The van der Waals surface area contributed by atoms with E-state index in [4.69, 9.17) is 9.47 Å². The first kappa shape index (κ1) is 11.0. The van der Waals surface area contributed by atoms with Gasteiger partial charge in [-0.25, -0.2) is 0 Å². The minimum atomic E-state index is 0.312. The van der Waals surface area contributed by atoms with E-state index in [2.05, 4.69) is 0 Å². The lowest BCUT2D eigenvalue weighted by Gasteiger charge is -2.09. The molecule has 0 amide bonds. The fraction of sp³-hybridized carbons (Fsp3) is 0.455. The van der Waals surface area contributed by atoms with Gasteiger partial charge < -0.3 is 14.6 Å². The number of methoxy groups -OCH3 is 2. The summed E-state index contributed by atoms with van der Waals surface area (Å²) in [6.45, 7) is 2.84. The molecular formula is C11H16O3. The van der Waals surface area contributed by atoms with Gasteiger partial charge in [0.15, 0.2) is 0 Å². The van der Waals surface area contributed by atoms with Crippen molar-refractivity contribution in [3.8, 4) is 5.75 Å². The maximum Gasteiger partial charge on any atom is 0.124 e. The van der Waals surface area contributed by atoms with Gasteiger partial charge in [-0.05, 0) is 24.1 Å². The normalized spacial score (nSPS) is 10.5. The molecule has 1 N–H and O–H groups in total. The lowest BCUT2D eigenvalue weighted by atomic mass is 10.1. The van der Waals surface area contributed by atoms with Gasteiger partial charge in [0.2, 0.25) is 0 Å². The number of hydrogen-bond donors (Lipinski definition) is 1. The van der Waals surface area contributed by atoms with Gasteiger partial charge in [0, 0.05) is 19.8 Å². The number of rotatable bonds is 4. The summed E-state index contributed by atoms with van der Waals surface area (Å²) in [5.74, 6) is 0.312. The van der Waals surface area contributed by atoms with Crippen molar-refractivity contribution in [1.82, 2.24) is 0 Å². The monoisotopic (exact) mass is 196 g/mol. The van der Waals surface area contributed by atoms with Crippen LogP contribution in [0.4, 0.5) is 0 Å². The van der Waals surface area contributed by atoms with Crippen LogP contribution in [0.1, 0.15) is 16.7 Å². The zero-order valence-electron chi connectivity index (χ0n) is 8.83. The van der Waals surface area contributed by atoms with E-state index in [1.54, 1.807) is 14.2 Å². The molecule has 0 radical (unpaired) electrons. The van der Waals surface area contributed by atoms with Crippen LogP contribution >= 0.6 is 0 Å². The number of phenolic OH excluding ortho intramolecular Hbond substituents is 1. The fourth-order valence-electron chi connectivity index (χ4n) is 1.45. The Morgan fingerprint density at radius 2 is 1.79 bits per heavy atom. The highest BCUT2D eigenvalue weighted by Crippen LogP contribution is 2.24. The zero-order chi connectivity index (χ0) is 10.6. The summed E-state index contributed by atoms with van der Waals surface area (Å²) in [6, 6.07) is 3.81. The number of hydrogen-bond acceptors (Lipinski definition) is 3. The summed E-state index contributed by atoms with van der Waals surface area (Å²) in [4.78, 5) is 0. The van der Waals surface area contributed by atoms with Gasteiger partial charge in [-0.2, -0.15) is 0 Å². The Balaban J connectivity index is 3.01. The Labute approximate surface area is 84.3 Å². The second-order valence-corrected chi connectivity index (χ2v) is 3.29. The van der Waals surface area contributed by atoms with E-state index in [1.165, 1.54) is 0 Å². The molecular weight excluding hydrogens is 180 g/mol. The van der Waals surface area contributed by atoms with Crippen molar-refractivity contribution in [2.45, 2.75) is 20.1 Å². The summed E-state index contributed by atoms with van der Waals surface area (Å²) in [5.41, 5.74) is 2.71. The number of phenols is 1. The Morgan fingerprint density at radius 1 is 1.14 bits per heavy atom. The molecule has 1 aromatic carbocycles. The summed E-state index contributed by atoms with van der Waals surface area (Å²) in [5, 5.41) is 9.70. The Kier molecular flexibility index (Phi) is 3.92. The zero-order valence-corrected chi connectivity index (χ0v) is 8.83. The van der Waals surface area contributed by atoms with Gasteiger partial charge in [-0.3, -0.25) is 0 Å². The minimum absolute atomic E-state index is 0.312. The highest BCUT2D eigenvalue weighted by atomic mass is 16.5. The van der Waals surface area contributed by atoms with Gasteiger partial charge in [-0.15, -0.1) is 0 Å². The lowest BCUT2D eigenvalue weighted by molar-refractivity contribution is 0.178. The average Bonchev–Trinajstić information content (AvgIpc) is 2.14. The molecule has 3 nitrogen and oxygen atoms in total. The van der Waals surface area contributed by atoms with Crippen LogP contribution < -0.4 is 0 Å². The van der Waals surface area contributed by atoms with Crippen LogP contribution in [-0.2, 0) is 22.7 Å². The molecule has 3 heteroatoms. The van der Waals surface area contributed by atoms with Crippen molar-refractivity contribution >= 4 is 0 Å². The molecule has 0 aliphatic carbocycles. The van der Waals surface area contributed by atoms with Crippen LogP contribution in [0.5, 0.6) is 5.75 Å². The third-order valence-corrected chi connectivity index (χ3v) is 2.05. The fourth-order valence-corrected chi connectivity index (χ4v) is 1.45. The smallest absolute Gasteiger partial charge is 0.124 e. The van der Waals surface area contributed by atoms with Crippen LogP contribution in [0.2, 0.25) is 0 Å². The van der Waals surface area contributed by atoms with Crippen LogP contribution in [0.3, 0.4) is 0 Å². The first-order chi connectivity index (χ1) is 6.69. The van der Waals surface area contributed by atoms with Gasteiger partial charge in [0.1, 0.15) is 5.75 Å². The second-order valence-electron chi connectivity index (χ2n) is 3.29. The third-order valence-electron chi connectivity index (χ3n) is 2.05. The van der Waals surface area contributed by atoms with Crippen LogP contribution in [0.25, 0.3) is 0 Å². The predicted molar refractivity (Wildman–Crippen MR) is 54.3 cm³/mol. The summed E-state index contributed by atoms with van der Waals surface area (Å²) < 4.78 is 10.0. The standard InChI is InChI=1S/C11H16O3/c1-8-4-9(6-13-2)5-10(7-14-3)11(8)12/h4-5,12H,6-7H2,1-3H3. The molecule has 0 fully saturated rings. The largest absolute Gasteiger partial charge is 0.507 e. The van der Waals surface area contributed by atoms with E-state index in [9.17, 15) is 5.11 Å². The van der Waals surface area contributed by atoms with Crippen LogP contribution in [0, 0.1) is 6.92 Å². The first-order valence-electron chi connectivity index (χ1n) is 4.48. The van der Waals surface area contributed by atoms with E-state index in [0.29, 0.717) is 19.0 Å². The van der Waals surface area contributed by atoms with Gasteiger partial charge in [0.05, 0.1) is 13.2 Å². The second kappa shape index (κ2) is 4.98. The Bertz CT molecular complexity index is 308. The summed E-state index contributed by atoms with van der Waals surface area (Å²) in [6.07, 6.45) is 0. The van der Waals surface area contributed by atoms with Gasteiger partial charge >= 0.3 is 0 Å². The molecule has 0 atom stereocenters. The highest BCUT2D eigenvalue weighted by molar-refractivity contribution is 5.42. The SMILES string of the molecule is COCc1cc(C)c(O)c(COC)c1. The molecule has 0 saturated carbocycles. The molecule has 0 aliphatic rings. The molecule has 0 unspecified atom stereocenters. The van der Waals surface area contributed by atoms with Crippen molar-refractivity contribution in [3.63, 3.8) is 0 Å². The van der Waals surface area contributed by atoms with E-state index in [1.807, 2.05) is 19.1 Å². The van der Waals surface area contributed by atoms with Crippen LogP contribution in [-0.4, -0.2) is 19.3 Å². The molecule has 1 aromatic rings. The topological polar surface area (TPSA) is 38.7 Å². The molecule has 0 aliphatic heterocycles. The molecule has 14 heavy (non-hydrogen) atoms. The minimum Gasteiger partial charge on any atom is -0.507 e. The molecule has 0 saturated heterocycles. The van der Waals surface area contributed by atoms with E-state index in [0.717, 1.165) is 16.7 Å². The van der Waals surface area contributed by atoms with Crippen molar-refractivity contribution < 1.29 is 14.6 Å². The first-order valence-corrected chi connectivity index (χ1v) is 4.48. The Hall–Kier alpha value is -1.06. The highest BCUT2D eigenvalue weighted by Gasteiger charge is 2.06. The molecule has 0 bridgehead atoms. The number of aryl methyl sites for hydroxylation is 1. The van der Waals surface area contributed by atoms with Gasteiger partial charge in [0.25, 0.3) is 0 Å². The van der Waals surface area contributed by atoms with Crippen molar-refractivity contribution in [3.05, 3.63) is 28.8 Å². The number of ether oxygens (including phenoxy) is 2. The summed E-state index contributed by atoms with van der Waals surface area (Å²) in [7, 11) is 3.26. The molecule has 0 aromatic heterocycles. The van der Waals surface area contributed by atoms with Crippen molar-refractivity contribution in [1.29, 1.82) is 0 Å². The molecule has 1 rings (SSSR count). The lowest BCUT2D eigenvalue weighted by Crippen LogP contribution is -1.95. The van der Waals surface area contributed by atoms with E-state index >= 15 is 0 Å². The number of aromatic hydroxyl groups is 1. The van der Waals surface area contributed by atoms with E-state index < -0.39 is 0 Å². The molecule has 0 heterocycles. The Morgan fingerprint density at radius 3 is 2.36 bits per heavy atom. The van der Waals surface area contributed by atoms with Crippen molar-refractivity contribution in [2.24, 2.45) is 0 Å². The maximum absolute atomic E-state index is 9.70. The van der Waals surface area contributed by atoms with Crippen LogP contribution in [0.15, 0.2) is 12.1 Å². The maximum atomic E-state index is 9.70.